The second-order valence-corrected chi connectivity index (χ2v) is 5.88. The third kappa shape index (κ3) is 6.89. The van der Waals surface area contributed by atoms with Crippen LogP contribution in [0.25, 0.3) is 0 Å². The Balaban J connectivity index is 2.63. The first-order valence-corrected chi connectivity index (χ1v) is 7.50. The van der Waals surface area contributed by atoms with Crippen molar-refractivity contribution in [3.05, 3.63) is 0 Å². The molecule has 1 aliphatic rings. The first kappa shape index (κ1) is 18.6. The van der Waals surface area contributed by atoms with Gasteiger partial charge in [-0.3, -0.25) is 0 Å². The van der Waals surface area contributed by atoms with Crippen LogP contribution in [0.3, 0.4) is 0 Å². The van der Waals surface area contributed by atoms with Gasteiger partial charge in [-0.2, -0.15) is 26.3 Å². The van der Waals surface area contributed by atoms with Gasteiger partial charge in [0.2, 0.25) is 0 Å². The number of nitrogens with one attached hydrogen (secondary N) is 1. The van der Waals surface area contributed by atoms with Crippen molar-refractivity contribution in [2.45, 2.75) is 70.3 Å². The van der Waals surface area contributed by atoms with Gasteiger partial charge in [0.1, 0.15) is 0 Å². The van der Waals surface area contributed by atoms with Crippen LogP contribution in [0.4, 0.5) is 26.3 Å². The normalized spacial score (nSPS) is 25.9. The SMILES string of the molecule is CCCNC(CCC(F)(F)F)C1CCCC(C(F)(F)F)C1. The quantitative estimate of drug-likeness (QED) is 0.674. The van der Waals surface area contributed by atoms with Crippen molar-refractivity contribution in [1.29, 1.82) is 0 Å². The number of hydrogen-bond acceptors (Lipinski definition) is 1. The third-order valence-corrected chi connectivity index (χ3v) is 4.14. The number of rotatable bonds is 6. The molecule has 0 aliphatic heterocycles. The molecule has 0 radical (unpaired) electrons. The summed E-state index contributed by atoms with van der Waals surface area (Å²) in [5, 5.41) is 3.02. The van der Waals surface area contributed by atoms with E-state index in [1.54, 1.807) is 0 Å². The van der Waals surface area contributed by atoms with Gasteiger partial charge in [-0.15, -0.1) is 0 Å². The van der Waals surface area contributed by atoms with Crippen LogP contribution >= 0.6 is 0 Å². The van der Waals surface area contributed by atoms with Crippen molar-refractivity contribution in [3.63, 3.8) is 0 Å². The summed E-state index contributed by atoms with van der Waals surface area (Å²) in [6.45, 7) is 2.42. The van der Waals surface area contributed by atoms with Crippen molar-refractivity contribution in [3.8, 4) is 0 Å². The van der Waals surface area contributed by atoms with Crippen LogP contribution in [0.2, 0.25) is 0 Å². The van der Waals surface area contributed by atoms with Crippen LogP contribution in [-0.2, 0) is 0 Å². The molecule has 1 aliphatic carbocycles. The predicted octanol–water partition coefficient (Wildman–Crippen LogP) is 5.07. The Bertz CT molecular complexity index is 299. The minimum Gasteiger partial charge on any atom is -0.314 e. The van der Waals surface area contributed by atoms with E-state index in [1.807, 2.05) is 6.92 Å². The monoisotopic (exact) mass is 319 g/mol. The van der Waals surface area contributed by atoms with Gasteiger partial charge >= 0.3 is 12.4 Å². The summed E-state index contributed by atoms with van der Waals surface area (Å²) in [5.74, 6) is -1.69. The summed E-state index contributed by atoms with van der Waals surface area (Å²) in [5.41, 5.74) is 0. The Hall–Kier alpha value is -0.460. The molecule has 7 heteroatoms. The standard InChI is InChI=1S/C14H23F6N/c1-2-8-21-12(6-7-13(15,16)17)10-4-3-5-11(9-10)14(18,19)20/h10-12,21H,2-9H2,1H3. The summed E-state index contributed by atoms with van der Waals surface area (Å²) < 4.78 is 75.5. The number of alkyl halides is 6. The average Bonchev–Trinajstić information content (AvgIpc) is 2.37. The minimum absolute atomic E-state index is 0.0528. The van der Waals surface area contributed by atoms with Crippen molar-refractivity contribution >= 4 is 0 Å². The lowest BCUT2D eigenvalue weighted by molar-refractivity contribution is -0.187. The van der Waals surface area contributed by atoms with Crippen LogP contribution in [0, 0.1) is 11.8 Å². The Kier molecular flexibility index (Phi) is 6.81. The van der Waals surface area contributed by atoms with E-state index in [0.29, 0.717) is 19.4 Å². The van der Waals surface area contributed by atoms with Gasteiger partial charge in [0.25, 0.3) is 0 Å². The maximum absolute atomic E-state index is 12.8. The van der Waals surface area contributed by atoms with E-state index in [4.69, 9.17) is 0 Å². The smallest absolute Gasteiger partial charge is 0.314 e. The molecule has 3 unspecified atom stereocenters. The number of halogens is 6. The molecule has 21 heavy (non-hydrogen) atoms. The summed E-state index contributed by atoms with van der Waals surface area (Å²) >= 11 is 0. The molecular formula is C14H23F6N. The second kappa shape index (κ2) is 7.70. The molecule has 1 fully saturated rings. The predicted molar refractivity (Wildman–Crippen MR) is 68.9 cm³/mol. The fourth-order valence-electron chi connectivity index (χ4n) is 3.04. The molecule has 1 rings (SSSR count). The molecule has 0 heterocycles. The lowest BCUT2D eigenvalue weighted by Gasteiger charge is -2.36. The molecule has 126 valence electrons. The van der Waals surface area contributed by atoms with Gasteiger partial charge in [0, 0.05) is 12.5 Å². The van der Waals surface area contributed by atoms with E-state index < -0.39 is 30.7 Å². The zero-order valence-corrected chi connectivity index (χ0v) is 12.2. The highest BCUT2D eigenvalue weighted by Crippen LogP contribution is 2.41. The van der Waals surface area contributed by atoms with E-state index >= 15 is 0 Å². The van der Waals surface area contributed by atoms with Crippen LogP contribution in [-0.4, -0.2) is 24.9 Å². The molecule has 1 saturated carbocycles. The van der Waals surface area contributed by atoms with Gasteiger partial charge < -0.3 is 5.32 Å². The van der Waals surface area contributed by atoms with E-state index in [9.17, 15) is 26.3 Å². The lowest BCUT2D eigenvalue weighted by Crippen LogP contribution is -2.41. The highest BCUT2D eigenvalue weighted by atomic mass is 19.4. The van der Waals surface area contributed by atoms with Gasteiger partial charge in [0.15, 0.2) is 0 Å². The van der Waals surface area contributed by atoms with Gasteiger partial charge in [-0.25, -0.2) is 0 Å². The Morgan fingerprint density at radius 2 is 1.76 bits per heavy atom. The van der Waals surface area contributed by atoms with E-state index in [0.717, 1.165) is 6.42 Å². The third-order valence-electron chi connectivity index (χ3n) is 4.14. The highest BCUT2D eigenvalue weighted by molar-refractivity contribution is 4.85. The topological polar surface area (TPSA) is 12.0 Å². The molecule has 3 atom stereocenters. The fraction of sp³-hybridized carbons (Fsp3) is 1.00. The molecule has 0 aromatic heterocycles. The molecule has 0 aromatic rings. The molecule has 0 bridgehead atoms. The van der Waals surface area contributed by atoms with E-state index in [2.05, 4.69) is 5.32 Å². The molecule has 1 N–H and O–H groups in total. The molecule has 1 nitrogen and oxygen atoms in total. The van der Waals surface area contributed by atoms with Crippen molar-refractivity contribution in [2.24, 2.45) is 11.8 Å². The maximum atomic E-state index is 12.8. The second-order valence-electron chi connectivity index (χ2n) is 5.88. The first-order chi connectivity index (χ1) is 9.63. The molecule has 0 saturated heterocycles. The first-order valence-electron chi connectivity index (χ1n) is 7.50. The fourth-order valence-corrected chi connectivity index (χ4v) is 3.04. The molecular weight excluding hydrogens is 296 g/mol. The Morgan fingerprint density at radius 3 is 2.29 bits per heavy atom. The zero-order chi connectivity index (χ0) is 16.1. The number of hydrogen-bond donors (Lipinski definition) is 1. The molecule has 0 amide bonds. The Labute approximate surface area is 121 Å². The average molecular weight is 319 g/mol. The van der Waals surface area contributed by atoms with Gasteiger partial charge in [-0.05, 0) is 44.6 Å². The summed E-state index contributed by atoms with van der Waals surface area (Å²) in [4.78, 5) is 0. The van der Waals surface area contributed by atoms with E-state index in [-0.39, 0.29) is 25.2 Å². The summed E-state index contributed by atoms with van der Waals surface area (Å²) in [6, 6.07) is -0.475. The summed E-state index contributed by atoms with van der Waals surface area (Å²) in [7, 11) is 0. The van der Waals surface area contributed by atoms with Crippen molar-refractivity contribution < 1.29 is 26.3 Å². The highest BCUT2D eigenvalue weighted by Gasteiger charge is 2.43. The van der Waals surface area contributed by atoms with Crippen molar-refractivity contribution in [2.75, 3.05) is 6.54 Å². The zero-order valence-electron chi connectivity index (χ0n) is 12.2. The van der Waals surface area contributed by atoms with Crippen molar-refractivity contribution in [1.82, 2.24) is 5.32 Å². The Morgan fingerprint density at radius 1 is 1.10 bits per heavy atom. The molecule has 0 aromatic carbocycles. The lowest BCUT2D eigenvalue weighted by atomic mass is 9.76. The summed E-state index contributed by atoms with van der Waals surface area (Å²) in [6.07, 6.45) is -7.78. The van der Waals surface area contributed by atoms with Gasteiger partial charge in [-0.1, -0.05) is 13.3 Å². The van der Waals surface area contributed by atoms with Crippen LogP contribution in [0.1, 0.15) is 51.9 Å². The van der Waals surface area contributed by atoms with E-state index in [1.165, 1.54) is 0 Å². The largest absolute Gasteiger partial charge is 0.391 e. The minimum atomic E-state index is -4.26. The van der Waals surface area contributed by atoms with Crippen LogP contribution in [0.15, 0.2) is 0 Å². The molecule has 0 spiro atoms. The van der Waals surface area contributed by atoms with Crippen LogP contribution < -0.4 is 5.32 Å². The van der Waals surface area contributed by atoms with Crippen LogP contribution in [0.5, 0.6) is 0 Å². The van der Waals surface area contributed by atoms with Gasteiger partial charge in [0.05, 0.1) is 5.92 Å². The maximum Gasteiger partial charge on any atom is 0.391 e.